The fourth-order valence-electron chi connectivity index (χ4n) is 6.62. The van der Waals surface area contributed by atoms with Crippen LogP contribution in [0.1, 0.15) is 34.3 Å². The zero-order chi connectivity index (χ0) is 32.5. The minimum atomic E-state index is -4.47. The van der Waals surface area contributed by atoms with E-state index in [0.717, 1.165) is 55.7 Å². The van der Waals surface area contributed by atoms with Crippen molar-refractivity contribution in [3.8, 4) is 11.5 Å². The molecule has 1 aliphatic heterocycles. The third-order valence-electron chi connectivity index (χ3n) is 9.04. The van der Waals surface area contributed by atoms with E-state index in [1.807, 2.05) is 12.1 Å². The number of piperidine rings is 1. The number of aromatic nitrogens is 1. The van der Waals surface area contributed by atoms with Gasteiger partial charge in [-0.15, -0.1) is 0 Å². The number of ether oxygens (including phenoxy) is 1. The number of H-pyrrole nitrogens is 1. The number of nitro benzene ring substituents is 1. The number of carbonyl (C=O) groups is 1. The van der Waals surface area contributed by atoms with Gasteiger partial charge in [0.15, 0.2) is 0 Å². The molecule has 0 atom stereocenters. The van der Waals surface area contributed by atoms with Crippen LogP contribution >= 0.6 is 0 Å². The highest BCUT2D eigenvalue weighted by molar-refractivity contribution is 7.90. The molecule has 2 aliphatic rings. The van der Waals surface area contributed by atoms with Crippen LogP contribution in [0.15, 0.2) is 102 Å². The summed E-state index contributed by atoms with van der Waals surface area (Å²) in [6, 6.07) is 26.2. The van der Waals surface area contributed by atoms with Crippen molar-refractivity contribution >= 4 is 38.2 Å². The lowest BCUT2D eigenvalue weighted by Crippen LogP contribution is -2.45. The number of carbonyl (C=O) groups excluding carboxylic acids is 1. The molecule has 4 aromatic carbocycles. The summed E-state index contributed by atoms with van der Waals surface area (Å²) < 4.78 is 34.7. The highest BCUT2D eigenvalue weighted by atomic mass is 32.2. The summed E-state index contributed by atoms with van der Waals surface area (Å²) in [4.78, 5) is 29.9. The summed E-state index contributed by atoms with van der Waals surface area (Å²) >= 11 is 0. The van der Waals surface area contributed by atoms with Crippen LogP contribution in [0.3, 0.4) is 0 Å². The maximum atomic E-state index is 13.3. The Labute approximate surface area is 271 Å². The van der Waals surface area contributed by atoms with Gasteiger partial charge in [-0.25, -0.2) is 13.1 Å². The van der Waals surface area contributed by atoms with Crippen molar-refractivity contribution in [1.29, 1.82) is 0 Å². The molecule has 7 rings (SSSR count). The van der Waals surface area contributed by atoms with Gasteiger partial charge in [-0.3, -0.25) is 19.8 Å². The van der Waals surface area contributed by atoms with Crippen LogP contribution in [0.25, 0.3) is 10.9 Å². The molecular formula is C35H33N5O6S. The number of hydrogen-bond donors (Lipinski definition) is 3. The van der Waals surface area contributed by atoms with Crippen molar-refractivity contribution in [3.05, 3.63) is 124 Å². The maximum absolute atomic E-state index is 13.3. The maximum Gasteiger partial charge on any atom is 0.293 e. The standard InChI is InChI=1S/C35H33N5O6S/c41-35(29-8-3-4-10-34(29)46-33-11-5-9-30-28(33)14-17-36-30)38-47(44,45)27-12-13-31(32(22-27)40(42)43)37-25-15-18-39(19-16-25)26-20-23-6-1-2-7-24(23)21-26/h1-14,17,22,25-26,36-37H,15-16,18-21H2,(H,38,41). The molecule has 0 unspecified atom stereocenters. The predicted molar refractivity (Wildman–Crippen MR) is 178 cm³/mol. The first-order valence-electron chi connectivity index (χ1n) is 15.5. The number of nitrogens with zero attached hydrogens (tertiary/aromatic N) is 2. The second kappa shape index (κ2) is 12.5. The van der Waals surface area contributed by atoms with Crippen molar-refractivity contribution in [2.24, 2.45) is 0 Å². The van der Waals surface area contributed by atoms with Gasteiger partial charge in [0, 0.05) is 48.3 Å². The first-order chi connectivity index (χ1) is 22.7. The van der Waals surface area contributed by atoms with Crippen LogP contribution in [0.4, 0.5) is 11.4 Å². The van der Waals surface area contributed by atoms with E-state index in [-0.39, 0.29) is 28.7 Å². The molecule has 1 aliphatic carbocycles. The normalized spacial score (nSPS) is 15.7. The zero-order valence-electron chi connectivity index (χ0n) is 25.4. The quantitative estimate of drug-likeness (QED) is 0.129. The van der Waals surface area contributed by atoms with E-state index in [1.54, 1.807) is 36.5 Å². The number of nitro groups is 1. The molecule has 11 nitrogen and oxygen atoms in total. The Hall–Kier alpha value is -5.20. The number of benzene rings is 4. The van der Waals surface area contributed by atoms with E-state index in [1.165, 1.54) is 29.3 Å². The first kappa shape index (κ1) is 30.5. The number of para-hydroxylation sites is 1. The fourth-order valence-corrected chi connectivity index (χ4v) is 7.60. The van der Waals surface area contributed by atoms with Gasteiger partial charge in [-0.05, 0) is 79.3 Å². The molecule has 1 fully saturated rings. The van der Waals surface area contributed by atoms with E-state index in [9.17, 15) is 23.3 Å². The van der Waals surface area contributed by atoms with E-state index in [2.05, 4.69) is 44.2 Å². The molecule has 1 saturated heterocycles. The average molecular weight is 652 g/mol. The molecule has 0 saturated carbocycles. The second-order valence-electron chi connectivity index (χ2n) is 11.9. The van der Waals surface area contributed by atoms with Gasteiger partial charge >= 0.3 is 0 Å². The van der Waals surface area contributed by atoms with Crippen LogP contribution in [-0.4, -0.2) is 54.3 Å². The summed E-state index contributed by atoms with van der Waals surface area (Å²) in [5.74, 6) is -0.285. The molecule has 2 heterocycles. The number of nitrogens with one attached hydrogen (secondary N) is 3. The van der Waals surface area contributed by atoms with E-state index in [4.69, 9.17) is 4.74 Å². The lowest BCUT2D eigenvalue weighted by molar-refractivity contribution is -0.384. The Morgan fingerprint density at radius 1 is 0.894 bits per heavy atom. The molecule has 0 radical (unpaired) electrons. The first-order valence-corrected chi connectivity index (χ1v) is 17.0. The lowest BCUT2D eigenvalue weighted by Gasteiger charge is -2.36. The van der Waals surface area contributed by atoms with Crippen LogP contribution < -0.4 is 14.8 Å². The van der Waals surface area contributed by atoms with Gasteiger partial charge in [-0.1, -0.05) is 42.5 Å². The summed E-state index contributed by atoms with van der Waals surface area (Å²) in [5.41, 5.74) is 3.50. The van der Waals surface area contributed by atoms with Crippen molar-refractivity contribution < 1.29 is 22.9 Å². The fraction of sp³-hybridized carbons (Fsp3) is 0.229. The molecule has 5 aromatic rings. The molecule has 0 bridgehead atoms. The highest BCUT2D eigenvalue weighted by Crippen LogP contribution is 2.33. The van der Waals surface area contributed by atoms with Crippen LogP contribution in [0.2, 0.25) is 0 Å². The number of fused-ring (bicyclic) bond motifs is 2. The molecule has 1 amide bonds. The minimum absolute atomic E-state index is 0.00417. The number of anilines is 1. The second-order valence-corrected chi connectivity index (χ2v) is 13.6. The summed E-state index contributed by atoms with van der Waals surface area (Å²) in [6.07, 6.45) is 5.45. The van der Waals surface area contributed by atoms with Crippen molar-refractivity contribution in [2.75, 3.05) is 18.4 Å². The smallest absolute Gasteiger partial charge is 0.293 e. The molecule has 12 heteroatoms. The molecule has 47 heavy (non-hydrogen) atoms. The van der Waals surface area contributed by atoms with Crippen molar-refractivity contribution in [3.63, 3.8) is 0 Å². The van der Waals surface area contributed by atoms with Gasteiger partial charge < -0.3 is 15.0 Å². The largest absolute Gasteiger partial charge is 0.456 e. The summed E-state index contributed by atoms with van der Waals surface area (Å²) in [5, 5.41) is 16.1. The number of hydrogen-bond acceptors (Lipinski definition) is 8. The van der Waals surface area contributed by atoms with E-state index >= 15 is 0 Å². The predicted octanol–water partition coefficient (Wildman–Crippen LogP) is 6.03. The van der Waals surface area contributed by atoms with E-state index < -0.39 is 25.7 Å². The third-order valence-corrected chi connectivity index (χ3v) is 10.4. The Balaban J connectivity index is 1.03. The monoisotopic (exact) mass is 651 g/mol. The lowest BCUT2D eigenvalue weighted by atomic mass is 10.0. The Morgan fingerprint density at radius 2 is 1.60 bits per heavy atom. The van der Waals surface area contributed by atoms with Gasteiger partial charge in [0.25, 0.3) is 21.6 Å². The van der Waals surface area contributed by atoms with E-state index in [0.29, 0.717) is 11.8 Å². The molecular weight excluding hydrogens is 618 g/mol. The van der Waals surface area contributed by atoms with Gasteiger partial charge in [0.05, 0.1) is 15.4 Å². The number of sulfonamides is 1. The summed E-state index contributed by atoms with van der Waals surface area (Å²) in [6.45, 7) is 1.74. The van der Waals surface area contributed by atoms with Gasteiger partial charge in [0.2, 0.25) is 0 Å². The van der Waals surface area contributed by atoms with Gasteiger partial charge in [0.1, 0.15) is 17.2 Å². The SMILES string of the molecule is O=C(NS(=O)(=O)c1ccc(NC2CCN(C3Cc4ccccc4C3)CC2)c([N+](=O)[O-])c1)c1ccccc1Oc1cccc2[nH]ccc12. The average Bonchev–Trinajstić information content (AvgIpc) is 3.73. The number of amides is 1. The number of rotatable bonds is 9. The summed E-state index contributed by atoms with van der Waals surface area (Å²) in [7, 11) is -4.47. The minimum Gasteiger partial charge on any atom is -0.456 e. The zero-order valence-corrected chi connectivity index (χ0v) is 26.2. The topological polar surface area (TPSA) is 147 Å². The number of likely N-dealkylation sites (tertiary alicyclic amines) is 1. The van der Waals surface area contributed by atoms with Crippen LogP contribution in [-0.2, 0) is 22.9 Å². The molecule has 3 N–H and O–H groups in total. The van der Waals surface area contributed by atoms with Gasteiger partial charge in [-0.2, -0.15) is 0 Å². The molecule has 240 valence electrons. The van der Waals surface area contributed by atoms with Crippen LogP contribution in [0.5, 0.6) is 11.5 Å². The Kier molecular flexibility index (Phi) is 8.12. The molecule has 0 spiro atoms. The Bertz CT molecular complexity index is 2060. The Morgan fingerprint density at radius 3 is 2.34 bits per heavy atom. The third kappa shape index (κ3) is 6.29. The van der Waals surface area contributed by atoms with Crippen LogP contribution in [0, 0.1) is 10.1 Å². The molecule has 1 aromatic heterocycles. The van der Waals surface area contributed by atoms with Crippen molar-refractivity contribution in [2.45, 2.75) is 42.7 Å². The highest BCUT2D eigenvalue weighted by Gasteiger charge is 2.31. The van der Waals surface area contributed by atoms with Crippen molar-refractivity contribution in [1.82, 2.24) is 14.6 Å². The number of aromatic amines is 1.